The van der Waals surface area contributed by atoms with E-state index in [9.17, 15) is 5.11 Å². The van der Waals surface area contributed by atoms with Crippen LogP contribution in [0.2, 0.25) is 0 Å². The third-order valence-electron chi connectivity index (χ3n) is 4.21. The third kappa shape index (κ3) is 2.54. The van der Waals surface area contributed by atoms with E-state index in [0.29, 0.717) is 11.5 Å². The van der Waals surface area contributed by atoms with Gasteiger partial charge in [0, 0.05) is 6.04 Å². The molecule has 2 unspecified atom stereocenters. The van der Waals surface area contributed by atoms with Crippen molar-refractivity contribution in [3.63, 3.8) is 0 Å². The first-order valence-corrected chi connectivity index (χ1v) is 6.48. The molecule has 0 aromatic heterocycles. The lowest BCUT2D eigenvalue weighted by Gasteiger charge is -2.47. The average molecular weight is 211 g/mol. The summed E-state index contributed by atoms with van der Waals surface area (Å²) in [6.07, 6.45) is 8.12. The number of nitrogens with one attached hydrogen (secondary N) is 1. The smallest absolute Gasteiger partial charge is 0.0805 e. The fourth-order valence-electron chi connectivity index (χ4n) is 3.49. The summed E-state index contributed by atoms with van der Waals surface area (Å²) < 4.78 is 0. The molecule has 0 aromatic carbocycles. The van der Waals surface area contributed by atoms with Crippen molar-refractivity contribution in [1.29, 1.82) is 0 Å². The lowest BCUT2D eigenvalue weighted by Crippen LogP contribution is -2.56. The summed E-state index contributed by atoms with van der Waals surface area (Å²) in [7, 11) is 0. The minimum Gasteiger partial charge on any atom is -0.388 e. The first-order chi connectivity index (χ1) is 7.02. The highest BCUT2D eigenvalue weighted by Crippen LogP contribution is 2.43. The predicted molar refractivity (Wildman–Crippen MR) is 62.8 cm³/mol. The van der Waals surface area contributed by atoms with Crippen LogP contribution in [-0.2, 0) is 0 Å². The Hall–Kier alpha value is -0.0800. The molecule has 2 nitrogen and oxygen atoms in total. The Morgan fingerprint density at radius 2 is 1.93 bits per heavy atom. The van der Waals surface area contributed by atoms with E-state index >= 15 is 0 Å². The Bertz CT molecular complexity index is 221. The second-order valence-electron chi connectivity index (χ2n) is 6.30. The van der Waals surface area contributed by atoms with Crippen molar-refractivity contribution in [3.05, 3.63) is 0 Å². The van der Waals surface area contributed by atoms with Crippen LogP contribution in [0.1, 0.15) is 58.8 Å². The monoisotopic (exact) mass is 211 g/mol. The standard InChI is InChI=1S/C13H25NO/c1-12(2)7-5-8-13(15,10-12)11-6-3-4-9-14-11/h11,14-15H,3-10H2,1-2H3. The summed E-state index contributed by atoms with van der Waals surface area (Å²) >= 11 is 0. The van der Waals surface area contributed by atoms with Gasteiger partial charge in [-0.05, 0) is 50.5 Å². The molecule has 0 spiro atoms. The minimum absolute atomic E-state index is 0.326. The lowest BCUT2D eigenvalue weighted by molar-refractivity contribution is -0.0720. The van der Waals surface area contributed by atoms with Gasteiger partial charge in [-0.15, -0.1) is 0 Å². The number of hydrogen-bond acceptors (Lipinski definition) is 2. The van der Waals surface area contributed by atoms with E-state index in [1.807, 2.05) is 0 Å². The summed E-state index contributed by atoms with van der Waals surface area (Å²) in [5, 5.41) is 14.3. The molecular formula is C13H25NO. The van der Waals surface area contributed by atoms with E-state index in [4.69, 9.17) is 0 Å². The van der Waals surface area contributed by atoms with Crippen molar-refractivity contribution >= 4 is 0 Å². The van der Waals surface area contributed by atoms with Crippen LogP contribution in [0, 0.1) is 5.41 Å². The van der Waals surface area contributed by atoms with Crippen molar-refractivity contribution in [1.82, 2.24) is 5.32 Å². The van der Waals surface area contributed by atoms with Gasteiger partial charge < -0.3 is 10.4 Å². The highest BCUT2D eigenvalue weighted by molar-refractivity contribution is 4.99. The van der Waals surface area contributed by atoms with Gasteiger partial charge in [0.25, 0.3) is 0 Å². The number of aliphatic hydroxyl groups is 1. The van der Waals surface area contributed by atoms with Crippen molar-refractivity contribution in [3.8, 4) is 0 Å². The molecule has 2 rings (SSSR count). The molecule has 15 heavy (non-hydrogen) atoms. The van der Waals surface area contributed by atoms with Crippen LogP contribution in [0.3, 0.4) is 0 Å². The van der Waals surface area contributed by atoms with E-state index in [0.717, 1.165) is 25.8 Å². The highest BCUT2D eigenvalue weighted by Gasteiger charge is 2.43. The van der Waals surface area contributed by atoms with E-state index < -0.39 is 5.60 Å². The molecule has 1 aliphatic carbocycles. The molecule has 0 radical (unpaired) electrons. The Morgan fingerprint density at radius 3 is 2.53 bits per heavy atom. The molecule has 0 bridgehead atoms. The van der Waals surface area contributed by atoms with Crippen molar-refractivity contribution in [2.45, 2.75) is 70.4 Å². The zero-order chi connectivity index (χ0) is 10.9. The fraction of sp³-hybridized carbons (Fsp3) is 1.00. The Labute approximate surface area is 93.5 Å². The maximum Gasteiger partial charge on any atom is 0.0805 e. The van der Waals surface area contributed by atoms with E-state index in [1.165, 1.54) is 25.7 Å². The summed E-state index contributed by atoms with van der Waals surface area (Å²) in [5.74, 6) is 0. The zero-order valence-electron chi connectivity index (χ0n) is 10.2. The summed E-state index contributed by atoms with van der Waals surface area (Å²) in [4.78, 5) is 0. The molecule has 2 N–H and O–H groups in total. The second-order valence-corrected chi connectivity index (χ2v) is 6.30. The zero-order valence-corrected chi connectivity index (χ0v) is 10.2. The van der Waals surface area contributed by atoms with E-state index in [2.05, 4.69) is 19.2 Å². The number of piperidine rings is 1. The SMILES string of the molecule is CC1(C)CCCC(O)(C2CCCCN2)C1. The molecule has 2 aliphatic rings. The molecule has 2 atom stereocenters. The summed E-state index contributed by atoms with van der Waals surface area (Å²) in [6, 6.07) is 0.353. The molecular weight excluding hydrogens is 186 g/mol. The Balaban J connectivity index is 2.04. The van der Waals surface area contributed by atoms with Gasteiger partial charge in [0.05, 0.1) is 5.60 Å². The van der Waals surface area contributed by atoms with Gasteiger partial charge in [-0.1, -0.05) is 20.3 Å². The number of rotatable bonds is 1. The predicted octanol–water partition coefficient (Wildman–Crippen LogP) is 2.46. The molecule has 0 aromatic rings. The topological polar surface area (TPSA) is 32.3 Å². The second kappa shape index (κ2) is 4.06. The number of hydrogen-bond donors (Lipinski definition) is 2. The van der Waals surface area contributed by atoms with Gasteiger partial charge in [0.2, 0.25) is 0 Å². The van der Waals surface area contributed by atoms with Crippen LogP contribution in [0.15, 0.2) is 0 Å². The molecule has 88 valence electrons. The van der Waals surface area contributed by atoms with E-state index in [-0.39, 0.29) is 0 Å². The first-order valence-electron chi connectivity index (χ1n) is 6.48. The van der Waals surface area contributed by atoms with Gasteiger partial charge in [0.1, 0.15) is 0 Å². The van der Waals surface area contributed by atoms with E-state index in [1.54, 1.807) is 0 Å². The summed E-state index contributed by atoms with van der Waals surface area (Å²) in [5.41, 5.74) is -0.103. The Morgan fingerprint density at radius 1 is 1.13 bits per heavy atom. The molecule has 2 fully saturated rings. The van der Waals surface area contributed by atoms with Crippen LogP contribution < -0.4 is 5.32 Å². The van der Waals surface area contributed by atoms with Crippen LogP contribution in [0.25, 0.3) is 0 Å². The van der Waals surface area contributed by atoms with Gasteiger partial charge in [-0.3, -0.25) is 0 Å². The third-order valence-corrected chi connectivity index (χ3v) is 4.21. The first kappa shape index (κ1) is 11.4. The normalized spacial score (nSPS) is 41.4. The molecule has 1 heterocycles. The van der Waals surface area contributed by atoms with Gasteiger partial charge >= 0.3 is 0 Å². The molecule has 1 saturated heterocycles. The van der Waals surface area contributed by atoms with Crippen LogP contribution in [0.5, 0.6) is 0 Å². The summed E-state index contributed by atoms with van der Waals surface area (Å²) in [6.45, 7) is 5.67. The van der Waals surface area contributed by atoms with Crippen molar-refractivity contribution in [2.75, 3.05) is 6.54 Å². The molecule has 2 heteroatoms. The minimum atomic E-state index is -0.428. The Kier molecular flexibility index (Phi) is 3.09. The van der Waals surface area contributed by atoms with Gasteiger partial charge in [-0.2, -0.15) is 0 Å². The highest BCUT2D eigenvalue weighted by atomic mass is 16.3. The fourth-order valence-corrected chi connectivity index (χ4v) is 3.49. The van der Waals surface area contributed by atoms with Crippen molar-refractivity contribution < 1.29 is 5.11 Å². The van der Waals surface area contributed by atoms with Crippen LogP contribution in [-0.4, -0.2) is 23.3 Å². The molecule has 1 aliphatic heterocycles. The van der Waals surface area contributed by atoms with Crippen molar-refractivity contribution in [2.24, 2.45) is 5.41 Å². The van der Waals surface area contributed by atoms with Gasteiger partial charge in [-0.25, -0.2) is 0 Å². The largest absolute Gasteiger partial charge is 0.388 e. The van der Waals surface area contributed by atoms with Crippen LogP contribution >= 0.6 is 0 Å². The van der Waals surface area contributed by atoms with Crippen LogP contribution in [0.4, 0.5) is 0 Å². The quantitative estimate of drug-likeness (QED) is 0.698. The lowest BCUT2D eigenvalue weighted by atomic mass is 9.66. The molecule has 0 amide bonds. The van der Waals surface area contributed by atoms with Gasteiger partial charge in [0.15, 0.2) is 0 Å². The maximum absolute atomic E-state index is 10.8. The molecule has 1 saturated carbocycles. The maximum atomic E-state index is 10.8. The average Bonchev–Trinajstić information content (AvgIpc) is 2.17.